The maximum Gasteiger partial charge on any atom is 0.338 e. The van der Waals surface area contributed by atoms with Gasteiger partial charge >= 0.3 is 5.97 Å². The van der Waals surface area contributed by atoms with E-state index in [1.165, 1.54) is 37.1 Å². The zero-order chi connectivity index (χ0) is 18.8. The van der Waals surface area contributed by atoms with Crippen LogP contribution >= 0.6 is 0 Å². The molecule has 1 saturated heterocycles. The summed E-state index contributed by atoms with van der Waals surface area (Å²) in [6.07, 6.45) is 2.54. The van der Waals surface area contributed by atoms with Crippen molar-refractivity contribution in [1.29, 1.82) is 0 Å². The Hall–Kier alpha value is -1.35. The van der Waals surface area contributed by atoms with Crippen LogP contribution in [0.1, 0.15) is 82.8 Å². The van der Waals surface area contributed by atoms with Gasteiger partial charge in [-0.1, -0.05) is 47.6 Å². The predicted molar refractivity (Wildman–Crippen MR) is 104 cm³/mol. The standard InChI is InChI=1S/C22H35NO2/c1-16(15-23-10-8-9-11-23)25-20(24)17-12-18(21(2,3)4)14-19(13-17)22(5,6)7/h12-14,16H,8-11,15H2,1-7H3/p+1/t16-/m0/s1. The highest BCUT2D eigenvalue weighted by Crippen LogP contribution is 2.30. The van der Waals surface area contributed by atoms with Crippen molar-refractivity contribution in [2.45, 2.75) is 78.2 Å². The van der Waals surface area contributed by atoms with Gasteiger partial charge in [0.15, 0.2) is 0 Å². The SMILES string of the molecule is C[C@@H](C[NH+]1CCCC1)OC(=O)c1cc(C(C)(C)C)cc(C(C)(C)C)c1. The van der Waals surface area contributed by atoms with Crippen LogP contribution in [-0.4, -0.2) is 31.7 Å². The number of hydrogen-bond donors (Lipinski definition) is 1. The third kappa shape index (κ3) is 5.57. The molecule has 0 saturated carbocycles. The lowest BCUT2D eigenvalue weighted by Gasteiger charge is -2.26. The van der Waals surface area contributed by atoms with E-state index in [-0.39, 0.29) is 22.9 Å². The highest BCUT2D eigenvalue weighted by molar-refractivity contribution is 5.90. The molecule has 25 heavy (non-hydrogen) atoms. The fourth-order valence-electron chi connectivity index (χ4n) is 3.39. The summed E-state index contributed by atoms with van der Waals surface area (Å²) in [5.74, 6) is -0.192. The van der Waals surface area contributed by atoms with Gasteiger partial charge in [0, 0.05) is 12.8 Å². The molecule has 0 unspecified atom stereocenters. The summed E-state index contributed by atoms with van der Waals surface area (Å²) in [6.45, 7) is 18.4. The highest BCUT2D eigenvalue weighted by Gasteiger charge is 2.25. The van der Waals surface area contributed by atoms with E-state index in [4.69, 9.17) is 4.74 Å². The Kier molecular flexibility index (Phi) is 5.98. The summed E-state index contributed by atoms with van der Waals surface area (Å²) in [7, 11) is 0. The Morgan fingerprint density at radius 2 is 1.48 bits per heavy atom. The molecule has 0 radical (unpaired) electrons. The molecule has 0 amide bonds. The number of hydrogen-bond acceptors (Lipinski definition) is 2. The fourth-order valence-corrected chi connectivity index (χ4v) is 3.39. The van der Waals surface area contributed by atoms with E-state index in [0.717, 1.165) is 6.54 Å². The molecular formula is C22H36NO2+. The molecule has 3 nitrogen and oxygen atoms in total. The van der Waals surface area contributed by atoms with Gasteiger partial charge in [-0.3, -0.25) is 0 Å². The first-order valence-electron chi connectivity index (χ1n) is 9.67. The topological polar surface area (TPSA) is 30.7 Å². The molecule has 1 aromatic rings. The Morgan fingerprint density at radius 1 is 1.00 bits per heavy atom. The maximum absolute atomic E-state index is 12.8. The van der Waals surface area contributed by atoms with Gasteiger partial charge in [0.25, 0.3) is 0 Å². The van der Waals surface area contributed by atoms with Crippen LogP contribution in [0.3, 0.4) is 0 Å². The summed E-state index contributed by atoms with van der Waals surface area (Å²) in [5, 5.41) is 0. The number of benzene rings is 1. The quantitative estimate of drug-likeness (QED) is 0.846. The van der Waals surface area contributed by atoms with Crippen molar-refractivity contribution >= 4 is 5.97 Å². The third-order valence-corrected chi connectivity index (χ3v) is 5.10. The van der Waals surface area contributed by atoms with E-state index in [0.29, 0.717) is 5.56 Å². The normalized spacial score (nSPS) is 17.6. The van der Waals surface area contributed by atoms with Crippen molar-refractivity contribution in [1.82, 2.24) is 0 Å². The zero-order valence-electron chi connectivity index (χ0n) is 17.2. The number of esters is 1. The molecule has 1 N–H and O–H groups in total. The number of nitrogens with one attached hydrogen (secondary N) is 1. The van der Waals surface area contributed by atoms with Gasteiger partial charge < -0.3 is 9.64 Å². The lowest BCUT2D eigenvalue weighted by molar-refractivity contribution is -0.890. The molecule has 1 aromatic carbocycles. The van der Waals surface area contributed by atoms with Crippen molar-refractivity contribution in [3.8, 4) is 0 Å². The summed E-state index contributed by atoms with van der Waals surface area (Å²) < 4.78 is 5.77. The minimum absolute atomic E-state index is 0.00159. The van der Waals surface area contributed by atoms with E-state index >= 15 is 0 Å². The van der Waals surface area contributed by atoms with Gasteiger partial charge in [-0.15, -0.1) is 0 Å². The second-order valence-corrected chi connectivity index (χ2v) is 9.68. The second-order valence-electron chi connectivity index (χ2n) is 9.68. The van der Waals surface area contributed by atoms with Gasteiger partial charge in [0.1, 0.15) is 12.6 Å². The highest BCUT2D eigenvalue weighted by atomic mass is 16.5. The van der Waals surface area contributed by atoms with E-state index in [1.807, 2.05) is 19.1 Å². The first-order valence-corrected chi connectivity index (χ1v) is 9.67. The molecule has 0 bridgehead atoms. The lowest BCUT2D eigenvalue weighted by Crippen LogP contribution is -3.11. The monoisotopic (exact) mass is 346 g/mol. The minimum atomic E-state index is -0.192. The molecule has 0 aliphatic carbocycles. The van der Waals surface area contributed by atoms with E-state index in [1.54, 1.807) is 4.90 Å². The second kappa shape index (κ2) is 7.49. The van der Waals surface area contributed by atoms with Crippen molar-refractivity contribution in [3.05, 3.63) is 34.9 Å². The first kappa shape index (κ1) is 20.0. The Bertz CT molecular complexity index is 569. The Balaban J connectivity index is 2.19. The molecule has 1 heterocycles. The fraction of sp³-hybridized carbons (Fsp3) is 0.682. The van der Waals surface area contributed by atoms with Crippen LogP contribution in [0.4, 0.5) is 0 Å². The molecular weight excluding hydrogens is 310 g/mol. The van der Waals surface area contributed by atoms with Gasteiger partial charge in [-0.25, -0.2) is 4.79 Å². The summed E-state index contributed by atoms with van der Waals surface area (Å²) in [4.78, 5) is 14.3. The Morgan fingerprint density at radius 3 is 1.92 bits per heavy atom. The number of rotatable bonds is 4. The average molecular weight is 347 g/mol. The van der Waals surface area contributed by atoms with Crippen LogP contribution in [0.2, 0.25) is 0 Å². The first-order chi connectivity index (χ1) is 11.5. The van der Waals surface area contributed by atoms with E-state index < -0.39 is 0 Å². The van der Waals surface area contributed by atoms with Gasteiger partial charge in [-0.05, 0) is 41.0 Å². The summed E-state index contributed by atoms with van der Waals surface area (Å²) in [6, 6.07) is 6.24. The van der Waals surface area contributed by atoms with Crippen molar-refractivity contribution in [2.24, 2.45) is 0 Å². The molecule has 2 rings (SSSR count). The number of carbonyl (C=O) groups is 1. The number of quaternary nitrogens is 1. The van der Waals surface area contributed by atoms with Crippen LogP contribution in [0, 0.1) is 0 Å². The summed E-state index contributed by atoms with van der Waals surface area (Å²) >= 11 is 0. The van der Waals surface area contributed by atoms with Crippen molar-refractivity contribution in [3.63, 3.8) is 0 Å². The van der Waals surface area contributed by atoms with Crippen molar-refractivity contribution < 1.29 is 14.4 Å². The molecule has 1 aliphatic heterocycles. The average Bonchev–Trinajstić information content (AvgIpc) is 2.97. The minimum Gasteiger partial charge on any atom is -0.453 e. The van der Waals surface area contributed by atoms with Crippen molar-refractivity contribution in [2.75, 3.05) is 19.6 Å². The third-order valence-electron chi connectivity index (χ3n) is 5.10. The zero-order valence-corrected chi connectivity index (χ0v) is 17.2. The Labute approximate surface area is 153 Å². The number of likely N-dealkylation sites (tertiary alicyclic amines) is 1. The van der Waals surface area contributed by atoms with Crippen LogP contribution in [-0.2, 0) is 15.6 Å². The molecule has 0 aromatic heterocycles. The molecule has 1 atom stereocenters. The van der Waals surface area contributed by atoms with E-state index in [2.05, 4.69) is 47.6 Å². The largest absolute Gasteiger partial charge is 0.453 e. The van der Waals surface area contributed by atoms with Crippen LogP contribution in [0.15, 0.2) is 18.2 Å². The lowest BCUT2D eigenvalue weighted by atomic mass is 9.79. The molecule has 140 valence electrons. The van der Waals surface area contributed by atoms with E-state index in [9.17, 15) is 4.79 Å². The van der Waals surface area contributed by atoms with Gasteiger partial charge in [-0.2, -0.15) is 0 Å². The molecule has 0 spiro atoms. The summed E-state index contributed by atoms with van der Waals surface area (Å²) in [5.41, 5.74) is 3.05. The van der Waals surface area contributed by atoms with Gasteiger partial charge in [0.2, 0.25) is 0 Å². The van der Waals surface area contributed by atoms with Gasteiger partial charge in [0.05, 0.1) is 18.7 Å². The number of ether oxygens (including phenoxy) is 1. The predicted octanol–water partition coefficient (Wildman–Crippen LogP) is 3.51. The smallest absolute Gasteiger partial charge is 0.338 e. The molecule has 3 heteroatoms. The number of carbonyl (C=O) groups excluding carboxylic acids is 1. The molecule has 1 fully saturated rings. The molecule has 1 aliphatic rings. The van der Waals surface area contributed by atoms with Crippen LogP contribution in [0.25, 0.3) is 0 Å². The van der Waals surface area contributed by atoms with Crippen LogP contribution in [0.5, 0.6) is 0 Å². The maximum atomic E-state index is 12.8. The van der Waals surface area contributed by atoms with Crippen LogP contribution < -0.4 is 4.90 Å².